The van der Waals surface area contributed by atoms with Gasteiger partial charge in [-0.1, -0.05) is 54.6 Å². The molecule has 24 heavy (non-hydrogen) atoms. The molecule has 1 N–H and O–H groups in total. The highest BCUT2D eigenvalue weighted by atomic mass is 32.1. The first-order chi connectivity index (χ1) is 11.8. The van der Waals surface area contributed by atoms with E-state index in [-0.39, 0.29) is 18.5 Å². The van der Waals surface area contributed by atoms with E-state index in [1.165, 1.54) is 4.88 Å². The van der Waals surface area contributed by atoms with Gasteiger partial charge < -0.3 is 4.90 Å². The number of rotatable bonds is 6. The maximum atomic E-state index is 12.5. The van der Waals surface area contributed by atoms with Gasteiger partial charge in [0.25, 0.3) is 0 Å². The zero-order valence-corrected chi connectivity index (χ0v) is 14.4. The largest absolute Gasteiger partial charge is 0.314 e. The number of nitrogens with one attached hydrogen (secondary N) is 1. The summed E-state index contributed by atoms with van der Waals surface area (Å²) in [5.74, 6) is 0.0405. The molecule has 2 aromatic carbocycles. The van der Waals surface area contributed by atoms with Gasteiger partial charge in [0.15, 0.2) is 0 Å². The zero-order valence-electron chi connectivity index (χ0n) is 13.6. The van der Waals surface area contributed by atoms with E-state index in [4.69, 9.17) is 0 Å². The van der Waals surface area contributed by atoms with Crippen LogP contribution in [0, 0.1) is 0 Å². The lowest BCUT2D eigenvalue weighted by molar-refractivity contribution is -0.117. The summed E-state index contributed by atoms with van der Waals surface area (Å²) in [6, 6.07) is 24.1. The van der Waals surface area contributed by atoms with Crippen molar-refractivity contribution in [1.82, 2.24) is 5.32 Å². The molecule has 1 heterocycles. The van der Waals surface area contributed by atoms with E-state index < -0.39 is 0 Å². The van der Waals surface area contributed by atoms with Crippen molar-refractivity contribution in [3.63, 3.8) is 0 Å². The Morgan fingerprint density at radius 1 is 1.00 bits per heavy atom. The number of hydrogen-bond acceptors (Lipinski definition) is 3. The Morgan fingerprint density at radius 3 is 2.29 bits per heavy atom. The molecule has 0 bridgehead atoms. The van der Waals surface area contributed by atoms with Crippen LogP contribution in [0.15, 0.2) is 78.2 Å². The summed E-state index contributed by atoms with van der Waals surface area (Å²) in [4.78, 5) is 15.4. The molecule has 0 aliphatic rings. The lowest BCUT2D eigenvalue weighted by atomic mass is 10.1. The standard InChI is InChI=1S/C20H20N2OS/c1-22(17-11-6-3-7-12-17)19(23)15-21-20(18-13-8-14-24-18)16-9-4-2-5-10-16/h2-14,20-21H,15H2,1H3/t20-/m1/s1. The number of benzene rings is 2. The van der Waals surface area contributed by atoms with Gasteiger partial charge in [-0.05, 0) is 29.1 Å². The Kier molecular flexibility index (Phi) is 5.41. The molecule has 0 saturated carbocycles. The number of carbonyl (C=O) groups excluding carboxylic acids is 1. The second-order valence-electron chi connectivity index (χ2n) is 5.53. The van der Waals surface area contributed by atoms with E-state index in [9.17, 15) is 4.79 Å². The van der Waals surface area contributed by atoms with Crippen molar-refractivity contribution in [3.05, 3.63) is 88.6 Å². The van der Waals surface area contributed by atoms with Gasteiger partial charge in [0.2, 0.25) is 5.91 Å². The highest BCUT2D eigenvalue weighted by Crippen LogP contribution is 2.25. The fourth-order valence-corrected chi connectivity index (χ4v) is 3.41. The summed E-state index contributed by atoms with van der Waals surface area (Å²) >= 11 is 1.69. The Bertz CT molecular complexity index is 757. The van der Waals surface area contributed by atoms with Crippen LogP contribution in [0.2, 0.25) is 0 Å². The van der Waals surface area contributed by atoms with E-state index >= 15 is 0 Å². The molecule has 3 aromatic rings. The molecule has 0 spiro atoms. The lowest BCUT2D eigenvalue weighted by Gasteiger charge is -2.21. The summed E-state index contributed by atoms with van der Waals surface area (Å²) in [5.41, 5.74) is 2.06. The molecule has 3 rings (SSSR count). The van der Waals surface area contributed by atoms with Crippen LogP contribution in [-0.2, 0) is 4.79 Å². The summed E-state index contributed by atoms with van der Waals surface area (Å²) in [7, 11) is 1.81. The maximum Gasteiger partial charge on any atom is 0.240 e. The minimum absolute atomic E-state index is 0.0272. The maximum absolute atomic E-state index is 12.5. The minimum atomic E-state index is 0.0272. The fraction of sp³-hybridized carbons (Fsp3) is 0.150. The SMILES string of the molecule is CN(C(=O)CN[C@H](c1ccccc1)c1cccs1)c1ccccc1. The van der Waals surface area contributed by atoms with Crippen molar-refractivity contribution in [2.24, 2.45) is 0 Å². The van der Waals surface area contributed by atoms with E-state index in [1.54, 1.807) is 16.2 Å². The van der Waals surface area contributed by atoms with Crippen LogP contribution in [0.1, 0.15) is 16.5 Å². The van der Waals surface area contributed by atoms with Crippen LogP contribution in [0.5, 0.6) is 0 Å². The number of amides is 1. The van der Waals surface area contributed by atoms with Crippen molar-refractivity contribution in [1.29, 1.82) is 0 Å². The molecule has 0 unspecified atom stereocenters. The first-order valence-electron chi connectivity index (χ1n) is 7.89. The van der Waals surface area contributed by atoms with Crippen LogP contribution < -0.4 is 10.2 Å². The van der Waals surface area contributed by atoms with E-state index in [1.807, 2.05) is 61.6 Å². The smallest absolute Gasteiger partial charge is 0.240 e. The monoisotopic (exact) mass is 336 g/mol. The van der Waals surface area contributed by atoms with Gasteiger partial charge in [0.05, 0.1) is 12.6 Å². The van der Waals surface area contributed by atoms with Crippen molar-refractivity contribution < 1.29 is 4.79 Å². The Labute approximate surface area is 146 Å². The normalized spacial score (nSPS) is 11.9. The molecule has 1 atom stereocenters. The van der Waals surface area contributed by atoms with Gasteiger partial charge >= 0.3 is 0 Å². The third kappa shape index (κ3) is 3.91. The molecule has 0 aliphatic heterocycles. The quantitative estimate of drug-likeness (QED) is 0.735. The Balaban J connectivity index is 1.71. The summed E-state index contributed by atoms with van der Waals surface area (Å²) in [6.45, 7) is 0.281. The summed E-state index contributed by atoms with van der Waals surface area (Å²) < 4.78 is 0. The van der Waals surface area contributed by atoms with Gasteiger partial charge in [-0.2, -0.15) is 0 Å². The molecular formula is C20H20N2OS. The van der Waals surface area contributed by atoms with Crippen molar-refractivity contribution in [2.75, 3.05) is 18.5 Å². The van der Waals surface area contributed by atoms with Crippen LogP contribution in [-0.4, -0.2) is 19.5 Å². The first-order valence-corrected chi connectivity index (χ1v) is 8.77. The third-order valence-corrected chi connectivity index (χ3v) is 4.87. The summed E-state index contributed by atoms with van der Waals surface area (Å²) in [5, 5.41) is 5.47. The van der Waals surface area contributed by atoms with E-state index in [0.29, 0.717) is 0 Å². The zero-order chi connectivity index (χ0) is 16.8. The summed E-state index contributed by atoms with van der Waals surface area (Å²) in [6.07, 6.45) is 0. The second kappa shape index (κ2) is 7.90. The topological polar surface area (TPSA) is 32.3 Å². The van der Waals surface area contributed by atoms with E-state index in [0.717, 1.165) is 11.3 Å². The fourth-order valence-electron chi connectivity index (χ4n) is 2.59. The molecule has 0 aliphatic carbocycles. The highest BCUT2D eigenvalue weighted by molar-refractivity contribution is 7.10. The Hall–Kier alpha value is -2.43. The van der Waals surface area contributed by atoms with Crippen LogP contribution >= 0.6 is 11.3 Å². The first kappa shape index (κ1) is 16.4. The van der Waals surface area contributed by atoms with Gasteiger partial charge in [-0.25, -0.2) is 0 Å². The average Bonchev–Trinajstić information content (AvgIpc) is 3.17. The molecule has 1 amide bonds. The molecule has 4 heteroatoms. The molecule has 1 aromatic heterocycles. The minimum Gasteiger partial charge on any atom is -0.314 e. The number of carbonyl (C=O) groups is 1. The van der Waals surface area contributed by atoms with Crippen LogP contribution in [0.25, 0.3) is 0 Å². The van der Waals surface area contributed by atoms with Gasteiger partial charge in [-0.3, -0.25) is 10.1 Å². The molecule has 122 valence electrons. The average molecular weight is 336 g/mol. The van der Waals surface area contributed by atoms with Gasteiger partial charge in [0, 0.05) is 17.6 Å². The highest BCUT2D eigenvalue weighted by Gasteiger charge is 2.17. The van der Waals surface area contributed by atoms with Crippen LogP contribution in [0.4, 0.5) is 5.69 Å². The number of thiophene rings is 1. The Morgan fingerprint density at radius 2 is 1.67 bits per heavy atom. The van der Waals surface area contributed by atoms with Crippen molar-refractivity contribution in [2.45, 2.75) is 6.04 Å². The van der Waals surface area contributed by atoms with Gasteiger partial charge in [0.1, 0.15) is 0 Å². The van der Waals surface area contributed by atoms with E-state index in [2.05, 4.69) is 28.9 Å². The number of nitrogens with zero attached hydrogens (tertiary/aromatic N) is 1. The number of anilines is 1. The number of likely N-dealkylation sites (N-methyl/N-ethyl adjacent to an activating group) is 1. The molecular weight excluding hydrogens is 316 g/mol. The molecule has 0 radical (unpaired) electrons. The van der Waals surface area contributed by atoms with Gasteiger partial charge in [-0.15, -0.1) is 11.3 Å². The molecule has 0 saturated heterocycles. The molecule has 3 nitrogen and oxygen atoms in total. The molecule has 0 fully saturated rings. The number of para-hydroxylation sites is 1. The lowest BCUT2D eigenvalue weighted by Crippen LogP contribution is -2.37. The van der Waals surface area contributed by atoms with Crippen molar-refractivity contribution >= 4 is 22.9 Å². The third-order valence-electron chi connectivity index (χ3n) is 3.94. The predicted molar refractivity (Wildman–Crippen MR) is 100 cm³/mol. The predicted octanol–water partition coefficient (Wildman–Crippen LogP) is 4.09. The van der Waals surface area contributed by atoms with Crippen LogP contribution in [0.3, 0.4) is 0 Å². The number of hydrogen-bond donors (Lipinski definition) is 1. The second-order valence-corrected chi connectivity index (χ2v) is 6.51. The van der Waals surface area contributed by atoms with Crippen molar-refractivity contribution in [3.8, 4) is 0 Å².